The number of hydrogen-bond acceptors (Lipinski definition) is 4. The molecule has 0 radical (unpaired) electrons. The van der Waals surface area contributed by atoms with E-state index in [9.17, 15) is 0 Å². The lowest BCUT2D eigenvalue weighted by Gasteiger charge is -2.14. The van der Waals surface area contributed by atoms with Crippen molar-refractivity contribution >= 4 is 61.7 Å². The van der Waals surface area contributed by atoms with E-state index in [1.807, 2.05) is 36.4 Å². The van der Waals surface area contributed by atoms with Crippen LogP contribution in [0.5, 0.6) is 0 Å². The van der Waals surface area contributed by atoms with E-state index in [-0.39, 0.29) is 0 Å². The van der Waals surface area contributed by atoms with Crippen molar-refractivity contribution in [3.05, 3.63) is 102 Å². The normalized spacial score (nSPS) is 12.9. The summed E-state index contributed by atoms with van der Waals surface area (Å²) in [5.41, 5.74) is 7.99. The second-order valence-corrected chi connectivity index (χ2v) is 8.70. The molecule has 2 aromatic heterocycles. The van der Waals surface area contributed by atoms with E-state index < -0.39 is 0 Å². The number of para-hydroxylation sites is 3. The zero-order chi connectivity index (χ0) is 22.5. The van der Waals surface area contributed by atoms with Crippen LogP contribution in [0.25, 0.3) is 39.0 Å². The number of rotatable bonds is 4. The summed E-state index contributed by atoms with van der Waals surface area (Å²) in [5, 5.41) is 10.6. The number of benzene rings is 4. The van der Waals surface area contributed by atoms with Crippen LogP contribution in [0.4, 0.5) is 22.7 Å². The molecular weight excluding hydrogens is 420 g/mol. The van der Waals surface area contributed by atoms with Gasteiger partial charge in [0.25, 0.3) is 0 Å². The van der Waals surface area contributed by atoms with Crippen molar-refractivity contribution in [3.8, 4) is 0 Å². The third kappa shape index (κ3) is 3.15. The third-order valence-corrected chi connectivity index (χ3v) is 6.49. The first kappa shape index (κ1) is 19.1. The summed E-state index contributed by atoms with van der Waals surface area (Å²) in [4.78, 5) is 0. The summed E-state index contributed by atoms with van der Waals surface area (Å²) in [5.74, 6) is 1.08. The smallest absolute Gasteiger partial charge is 0.135 e. The van der Waals surface area contributed by atoms with Crippen LogP contribution in [0.3, 0.4) is 0 Å². The zero-order valence-corrected chi connectivity index (χ0v) is 18.5. The molecule has 0 fully saturated rings. The van der Waals surface area contributed by atoms with Gasteiger partial charge in [-0.25, -0.2) is 0 Å². The molecule has 0 amide bonds. The predicted molar refractivity (Wildman–Crippen MR) is 140 cm³/mol. The van der Waals surface area contributed by atoms with Crippen LogP contribution in [0, 0.1) is 0 Å². The molecule has 0 bridgehead atoms. The summed E-state index contributed by atoms with van der Waals surface area (Å²) >= 11 is 0. The summed E-state index contributed by atoms with van der Waals surface area (Å²) < 4.78 is 12.0. The van der Waals surface area contributed by atoms with Crippen molar-refractivity contribution in [1.82, 2.24) is 0 Å². The molecule has 1 aliphatic rings. The molecule has 0 saturated heterocycles. The van der Waals surface area contributed by atoms with E-state index in [1.54, 1.807) is 0 Å². The van der Waals surface area contributed by atoms with Crippen LogP contribution >= 0.6 is 0 Å². The third-order valence-electron chi connectivity index (χ3n) is 6.49. The van der Waals surface area contributed by atoms with Gasteiger partial charge in [0.15, 0.2) is 0 Å². The van der Waals surface area contributed by atoms with Gasteiger partial charge in [0.1, 0.15) is 22.5 Å². The molecule has 0 atom stereocenters. The van der Waals surface area contributed by atoms with Gasteiger partial charge < -0.3 is 19.5 Å². The first-order valence-corrected chi connectivity index (χ1v) is 11.6. The molecule has 4 aromatic carbocycles. The molecule has 4 nitrogen and oxygen atoms in total. The lowest BCUT2D eigenvalue weighted by atomic mass is 10.0. The highest BCUT2D eigenvalue weighted by Gasteiger charge is 2.15. The predicted octanol–water partition coefficient (Wildman–Crippen LogP) is 8.78. The minimum absolute atomic E-state index is 0.893. The van der Waals surface area contributed by atoms with E-state index in [0.29, 0.717) is 0 Å². The number of furan rings is 2. The molecule has 6 aromatic rings. The number of fused-ring (bicyclic) bond motifs is 6. The maximum absolute atomic E-state index is 6.06. The fraction of sp³-hybridized carbons (Fsp3) is 0.0667. The fourth-order valence-electron chi connectivity index (χ4n) is 4.85. The lowest BCUT2D eigenvalue weighted by Crippen LogP contribution is -1.97. The van der Waals surface area contributed by atoms with Gasteiger partial charge in [0.2, 0.25) is 0 Å². The molecule has 1 aliphatic carbocycles. The van der Waals surface area contributed by atoms with Gasteiger partial charge in [-0.15, -0.1) is 0 Å². The molecule has 164 valence electrons. The second kappa shape index (κ2) is 7.56. The molecule has 2 heterocycles. The Morgan fingerprint density at radius 3 is 2.03 bits per heavy atom. The van der Waals surface area contributed by atoms with E-state index in [4.69, 9.17) is 8.83 Å². The monoisotopic (exact) mass is 442 g/mol. The minimum atomic E-state index is 0.893. The first-order chi connectivity index (χ1) is 16.8. The van der Waals surface area contributed by atoms with Crippen molar-refractivity contribution in [3.63, 3.8) is 0 Å². The average molecular weight is 443 g/mol. The van der Waals surface area contributed by atoms with Crippen LogP contribution in [-0.4, -0.2) is 0 Å². The van der Waals surface area contributed by atoms with Crippen molar-refractivity contribution < 1.29 is 8.83 Å². The number of anilines is 4. The van der Waals surface area contributed by atoms with Crippen molar-refractivity contribution in [2.75, 3.05) is 10.6 Å². The van der Waals surface area contributed by atoms with Gasteiger partial charge in [-0.1, -0.05) is 42.5 Å². The first-order valence-electron chi connectivity index (χ1n) is 11.6. The summed E-state index contributed by atoms with van der Waals surface area (Å²) in [6, 6.07) is 28.9. The van der Waals surface area contributed by atoms with Crippen LogP contribution in [0.2, 0.25) is 0 Å². The van der Waals surface area contributed by atoms with Crippen LogP contribution in [-0.2, 0) is 6.42 Å². The largest absolute Gasteiger partial charge is 0.460 e. The molecule has 7 rings (SSSR count). The summed E-state index contributed by atoms with van der Waals surface area (Å²) in [6.07, 6.45) is 6.40. The molecule has 4 heteroatoms. The van der Waals surface area contributed by atoms with Gasteiger partial charge in [0.05, 0.1) is 11.4 Å². The molecule has 34 heavy (non-hydrogen) atoms. The number of aryl methyl sites for hydroxylation is 1. The molecule has 2 N–H and O–H groups in total. The van der Waals surface area contributed by atoms with Crippen LogP contribution < -0.4 is 10.6 Å². The highest BCUT2D eigenvalue weighted by Crippen LogP contribution is 2.36. The highest BCUT2D eigenvalue weighted by atomic mass is 16.3. The Kier molecular flexibility index (Phi) is 4.24. The molecular formula is C30H22N2O2. The zero-order valence-electron chi connectivity index (χ0n) is 18.5. The summed E-state index contributed by atoms with van der Waals surface area (Å²) in [7, 11) is 0. The molecule has 0 saturated carbocycles. The lowest BCUT2D eigenvalue weighted by molar-refractivity contribution is 0.546. The molecule has 0 unspecified atom stereocenters. The SMILES string of the molecule is C1=Cc2c(oc3ccc(Nc4ccccc4Nc4ccc5oc6ccccc6c5c4)cc23)CC1. The Labute approximate surface area is 196 Å². The topological polar surface area (TPSA) is 50.3 Å². The van der Waals surface area contributed by atoms with Crippen molar-refractivity contribution in [2.24, 2.45) is 0 Å². The van der Waals surface area contributed by atoms with Crippen molar-refractivity contribution in [1.29, 1.82) is 0 Å². The Bertz CT molecular complexity index is 1720. The second-order valence-electron chi connectivity index (χ2n) is 8.70. The number of nitrogens with one attached hydrogen (secondary N) is 2. The van der Waals surface area contributed by atoms with Gasteiger partial charge in [-0.2, -0.15) is 0 Å². The van der Waals surface area contributed by atoms with Gasteiger partial charge in [-0.3, -0.25) is 0 Å². The molecule has 0 spiro atoms. The van der Waals surface area contributed by atoms with Gasteiger partial charge in [-0.05, 0) is 61.0 Å². The van der Waals surface area contributed by atoms with E-state index >= 15 is 0 Å². The Balaban J connectivity index is 1.23. The number of allylic oxidation sites excluding steroid dienone is 1. The molecule has 0 aliphatic heterocycles. The van der Waals surface area contributed by atoms with Crippen LogP contribution in [0.1, 0.15) is 17.7 Å². The van der Waals surface area contributed by atoms with Gasteiger partial charge >= 0.3 is 0 Å². The van der Waals surface area contributed by atoms with Crippen molar-refractivity contribution in [2.45, 2.75) is 12.8 Å². The van der Waals surface area contributed by atoms with E-state index in [1.165, 1.54) is 5.56 Å². The highest BCUT2D eigenvalue weighted by molar-refractivity contribution is 6.06. The van der Waals surface area contributed by atoms with Gasteiger partial charge in [0, 0.05) is 39.5 Å². The van der Waals surface area contributed by atoms with E-state index in [0.717, 1.165) is 74.3 Å². The fourth-order valence-corrected chi connectivity index (χ4v) is 4.85. The summed E-state index contributed by atoms with van der Waals surface area (Å²) in [6.45, 7) is 0. The average Bonchev–Trinajstić information content (AvgIpc) is 3.43. The van der Waals surface area contributed by atoms with Crippen LogP contribution in [0.15, 0.2) is 99.8 Å². The maximum atomic E-state index is 6.06. The Morgan fingerprint density at radius 1 is 0.588 bits per heavy atom. The quantitative estimate of drug-likeness (QED) is 0.286. The Hall–Kier alpha value is -4.44. The standard InChI is InChI=1S/C30H22N2O2/c1-5-11-27-21(7-1)23-17-19(13-15-29(23)33-27)31-25-9-3-4-10-26(25)32-20-14-16-30-24(18-20)22-8-2-6-12-28(22)34-30/h1-5,7-11,13-18,31-32H,6,12H2. The maximum Gasteiger partial charge on any atom is 0.135 e. The van der Waals surface area contributed by atoms with E-state index in [2.05, 4.69) is 71.3 Å². The Morgan fingerprint density at radius 2 is 1.24 bits per heavy atom. The minimum Gasteiger partial charge on any atom is -0.460 e. The number of hydrogen-bond donors (Lipinski definition) is 2.